The second-order valence-corrected chi connectivity index (χ2v) is 5.28. The zero-order chi connectivity index (χ0) is 17.8. The number of ether oxygens (including phenoxy) is 1. The number of rotatable bonds is 4. The monoisotopic (exact) mass is 337 g/mol. The molecule has 1 unspecified atom stereocenters. The lowest BCUT2D eigenvalue weighted by Crippen LogP contribution is -2.36. The highest BCUT2D eigenvalue weighted by Crippen LogP contribution is 2.21. The van der Waals surface area contributed by atoms with Gasteiger partial charge in [-0.05, 0) is 18.2 Å². The first-order valence-electron chi connectivity index (χ1n) is 7.53. The van der Waals surface area contributed by atoms with Crippen molar-refractivity contribution >= 4 is 22.6 Å². The second kappa shape index (κ2) is 6.96. The van der Waals surface area contributed by atoms with Gasteiger partial charge in [0.2, 0.25) is 0 Å². The number of H-pyrrole nitrogens is 1. The summed E-state index contributed by atoms with van der Waals surface area (Å²) in [6.07, 6.45) is 0. The van der Waals surface area contributed by atoms with Crippen molar-refractivity contribution < 1.29 is 14.3 Å². The zero-order valence-electron chi connectivity index (χ0n) is 13.4. The molecule has 2 aromatic carbocycles. The number of amides is 1. The van der Waals surface area contributed by atoms with Crippen LogP contribution < -0.4 is 10.9 Å². The van der Waals surface area contributed by atoms with E-state index in [1.165, 1.54) is 7.11 Å². The Morgan fingerprint density at radius 2 is 1.68 bits per heavy atom. The molecule has 0 radical (unpaired) electrons. The van der Waals surface area contributed by atoms with Crippen molar-refractivity contribution in [3.05, 3.63) is 76.2 Å². The number of aromatic amines is 1. The van der Waals surface area contributed by atoms with Gasteiger partial charge in [-0.1, -0.05) is 36.4 Å². The van der Waals surface area contributed by atoms with Crippen LogP contribution in [-0.2, 0) is 9.53 Å². The minimum Gasteiger partial charge on any atom is -0.467 e. The van der Waals surface area contributed by atoms with E-state index in [-0.39, 0.29) is 11.3 Å². The molecule has 3 rings (SSSR count). The van der Waals surface area contributed by atoms with Gasteiger partial charge in [0.15, 0.2) is 6.04 Å². The van der Waals surface area contributed by atoms with E-state index in [1.807, 2.05) is 0 Å². The van der Waals surface area contributed by atoms with Gasteiger partial charge < -0.3 is 10.1 Å². The van der Waals surface area contributed by atoms with Crippen LogP contribution in [0.3, 0.4) is 0 Å². The molecule has 1 amide bonds. The molecule has 0 aliphatic carbocycles. The Bertz CT molecular complexity index is 982. The molecule has 25 heavy (non-hydrogen) atoms. The molecule has 126 valence electrons. The average molecular weight is 337 g/mol. The summed E-state index contributed by atoms with van der Waals surface area (Å²) < 4.78 is 4.80. The van der Waals surface area contributed by atoms with E-state index in [4.69, 9.17) is 4.74 Å². The molecule has 3 aromatic rings. The Balaban J connectivity index is 2.06. The van der Waals surface area contributed by atoms with Crippen LogP contribution in [0.2, 0.25) is 0 Å². The van der Waals surface area contributed by atoms with Crippen LogP contribution in [0.25, 0.3) is 10.8 Å². The first kappa shape index (κ1) is 16.4. The van der Waals surface area contributed by atoms with Gasteiger partial charge in [-0.15, -0.1) is 0 Å². The van der Waals surface area contributed by atoms with Crippen molar-refractivity contribution in [1.29, 1.82) is 0 Å². The van der Waals surface area contributed by atoms with Crippen LogP contribution in [0.5, 0.6) is 0 Å². The Hall–Kier alpha value is -3.48. The molecule has 2 N–H and O–H groups in total. The maximum Gasteiger partial charge on any atom is 0.334 e. The molecule has 1 aromatic heterocycles. The number of nitrogens with one attached hydrogen (secondary N) is 2. The molecule has 0 saturated carbocycles. The van der Waals surface area contributed by atoms with Gasteiger partial charge in [-0.2, -0.15) is 5.10 Å². The Labute approximate surface area is 142 Å². The maximum atomic E-state index is 12.4. The summed E-state index contributed by atoms with van der Waals surface area (Å²) in [7, 11) is 1.22. The van der Waals surface area contributed by atoms with Crippen molar-refractivity contribution in [3.63, 3.8) is 0 Å². The Kier molecular flexibility index (Phi) is 4.56. The number of hydrogen-bond acceptors (Lipinski definition) is 5. The van der Waals surface area contributed by atoms with Gasteiger partial charge in [-0.3, -0.25) is 9.59 Å². The summed E-state index contributed by atoms with van der Waals surface area (Å²) in [5.41, 5.74) is 0.230. The highest BCUT2D eigenvalue weighted by Gasteiger charge is 2.28. The smallest absolute Gasteiger partial charge is 0.334 e. The number of aromatic nitrogens is 2. The standard InChI is InChI=1S/C18H15N3O4/c1-25-18(24)15(19-16(22)11-7-3-2-4-8-11)14-12-9-5-6-10-13(12)17(23)21-20-14/h2-10,15H,1H3,(H,19,22)(H,21,23). The van der Waals surface area contributed by atoms with E-state index in [2.05, 4.69) is 15.5 Å². The summed E-state index contributed by atoms with van der Waals surface area (Å²) in [6, 6.07) is 14.0. The normalized spacial score (nSPS) is 11.7. The largest absolute Gasteiger partial charge is 0.467 e. The average Bonchev–Trinajstić information content (AvgIpc) is 2.67. The van der Waals surface area contributed by atoms with Gasteiger partial charge >= 0.3 is 5.97 Å². The fourth-order valence-corrected chi connectivity index (χ4v) is 2.52. The number of benzene rings is 2. The first-order valence-corrected chi connectivity index (χ1v) is 7.53. The van der Waals surface area contributed by atoms with E-state index >= 15 is 0 Å². The predicted molar refractivity (Wildman–Crippen MR) is 91.0 cm³/mol. The Morgan fingerprint density at radius 1 is 1.04 bits per heavy atom. The molecule has 7 nitrogen and oxygen atoms in total. The number of hydrogen-bond donors (Lipinski definition) is 2. The third-order valence-electron chi connectivity index (χ3n) is 3.75. The third-order valence-corrected chi connectivity index (χ3v) is 3.75. The summed E-state index contributed by atoms with van der Waals surface area (Å²) in [4.78, 5) is 36.6. The summed E-state index contributed by atoms with van der Waals surface area (Å²) >= 11 is 0. The maximum absolute atomic E-state index is 12.4. The number of carbonyl (C=O) groups excluding carboxylic acids is 2. The first-order chi connectivity index (χ1) is 12.1. The van der Waals surface area contributed by atoms with Crippen molar-refractivity contribution in [2.75, 3.05) is 7.11 Å². The minimum absolute atomic E-state index is 0.214. The highest BCUT2D eigenvalue weighted by molar-refractivity contribution is 5.98. The SMILES string of the molecule is COC(=O)C(NC(=O)c1ccccc1)c1n[nH]c(=O)c2ccccc12. The zero-order valence-corrected chi connectivity index (χ0v) is 13.4. The number of esters is 1. The molecule has 0 bridgehead atoms. The van der Waals surface area contributed by atoms with Crippen molar-refractivity contribution in [1.82, 2.24) is 15.5 Å². The summed E-state index contributed by atoms with van der Waals surface area (Å²) in [6.45, 7) is 0. The van der Waals surface area contributed by atoms with Gasteiger partial charge in [0.25, 0.3) is 11.5 Å². The molecule has 1 atom stereocenters. The number of fused-ring (bicyclic) bond motifs is 1. The fourth-order valence-electron chi connectivity index (χ4n) is 2.52. The molecule has 7 heteroatoms. The van der Waals surface area contributed by atoms with Crippen molar-refractivity contribution in [3.8, 4) is 0 Å². The van der Waals surface area contributed by atoms with Gasteiger partial charge in [0.1, 0.15) is 5.69 Å². The lowest BCUT2D eigenvalue weighted by Gasteiger charge is -2.17. The summed E-state index contributed by atoms with van der Waals surface area (Å²) in [5.74, 6) is -1.14. The lowest BCUT2D eigenvalue weighted by molar-refractivity contribution is -0.143. The van der Waals surface area contributed by atoms with E-state index in [1.54, 1.807) is 54.6 Å². The molecule has 0 aliphatic rings. The number of nitrogens with zero attached hydrogens (tertiary/aromatic N) is 1. The van der Waals surface area contributed by atoms with Crippen LogP contribution in [0.15, 0.2) is 59.4 Å². The van der Waals surface area contributed by atoms with Crippen molar-refractivity contribution in [2.45, 2.75) is 6.04 Å². The molecule has 1 heterocycles. The van der Waals surface area contributed by atoms with E-state index in [9.17, 15) is 14.4 Å². The molecule has 0 aliphatic heterocycles. The second-order valence-electron chi connectivity index (χ2n) is 5.28. The van der Waals surface area contributed by atoms with Crippen molar-refractivity contribution in [2.24, 2.45) is 0 Å². The van der Waals surface area contributed by atoms with Crippen LogP contribution in [0, 0.1) is 0 Å². The molecular weight excluding hydrogens is 322 g/mol. The topological polar surface area (TPSA) is 101 Å². The predicted octanol–water partition coefficient (Wildman–Crippen LogP) is 1.57. The van der Waals surface area contributed by atoms with Gasteiger partial charge in [0.05, 0.1) is 12.5 Å². The summed E-state index contributed by atoms with van der Waals surface area (Å²) in [5, 5.41) is 9.77. The van der Waals surface area contributed by atoms with Crippen LogP contribution in [0.1, 0.15) is 22.1 Å². The number of methoxy groups -OCH3 is 1. The van der Waals surface area contributed by atoms with Crippen LogP contribution in [0.4, 0.5) is 0 Å². The third kappa shape index (κ3) is 3.25. The van der Waals surface area contributed by atoms with E-state index in [0.717, 1.165) is 0 Å². The molecule has 0 fully saturated rings. The molecule has 0 spiro atoms. The van der Waals surface area contributed by atoms with Gasteiger partial charge in [0, 0.05) is 10.9 Å². The van der Waals surface area contributed by atoms with Crippen LogP contribution in [-0.4, -0.2) is 29.2 Å². The van der Waals surface area contributed by atoms with Crippen LogP contribution >= 0.6 is 0 Å². The van der Waals surface area contributed by atoms with Gasteiger partial charge in [-0.25, -0.2) is 9.89 Å². The molecular formula is C18H15N3O4. The fraction of sp³-hybridized carbons (Fsp3) is 0.111. The quantitative estimate of drug-likeness (QED) is 0.704. The number of carbonyl (C=O) groups is 2. The van der Waals surface area contributed by atoms with E-state index < -0.39 is 17.9 Å². The Morgan fingerprint density at radius 3 is 2.36 bits per heavy atom. The van der Waals surface area contributed by atoms with E-state index in [0.29, 0.717) is 16.3 Å². The highest BCUT2D eigenvalue weighted by atomic mass is 16.5. The lowest BCUT2D eigenvalue weighted by atomic mass is 10.1. The minimum atomic E-state index is -1.15. The molecule has 0 saturated heterocycles.